The van der Waals surface area contributed by atoms with E-state index < -0.39 is 0 Å². The van der Waals surface area contributed by atoms with Crippen LogP contribution >= 0.6 is 0 Å². The summed E-state index contributed by atoms with van der Waals surface area (Å²) < 4.78 is 0. The molecule has 0 aliphatic carbocycles. The molecule has 0 fully saturated rings. The second-order valence-corrected chi connectivity index (χ2v) is 3.01. The van der Waals surface area contributed by atoms with Crippen LogP contribution in [0.1, 0.15) is 23.6 Å². The van der Waals surface area contributed by atoms with Gasteiger partial charge in [-0.25, -0.2) is 0 Å². The van der Waals surface area contributed by atoms with Gasteiger partial charge in [-0.15, -0.1) is 0 Å². The van der Waals surface area contributed by atoms with Crippen molar-refractivity contribution >= 4 is 5.71 Å². The molecule has 0 amide bonds. The molecule has 0 unspecified atom stereocenters. The molecule has 1 aromatic carbocycles. The largest absolute Gasteiger partial charge is 0.285 e. The predicted molar refractivity (Wildman–Crippen MR) is 47.1 cm³/mol. The molecule has 0 N–H and O–H groups in total. The summed E-state index contributed by atoms with van der Waals surface area (Å²) in [5, 5.41) is 0. The van der Waals surface area contributed by atoms with Gasteiger partial charge in [0.15, 0.2) is 0 Å². The van der Waals surface area contributed by atoms with Crippen LogP contribution in [0.25, 0.3) is 0 Å². The van der Waals surface area contributed by atoms with Crippen molar-refractivity contribution in [1.29, 1.82) is 0 Å². The number of fused-ring (bicyclic) bond motifs is 1. The summed E-state index contributed by atoms with van der Waals surface area (Å²) in [5.41, 5.74) is 5.29. The Morgan fingerprint density at radius 2 is 2.09 bits per heavy atom. The van der Waals surface area contributed by atoms with Crippen LogP contribution < -0.4 is 0 Å². The SMILES string of the molecule is CC1=NCc2cccc(C)c21. The van der Waals surface area contributed by atoms with Crippen molar-refractivity contribution in [2.24, 2.45) is 4.99 Å². The Bertz CT molecular complexity index is 324. The Morgan fingerprint density at radius 3 is 2.82 bits per heavy atom. The zero-order chi connectivity index (χ0) is 7.84. The van der Waals surface area contributed by atoms with Gasteiger partial charge in [0.25, 0.3) is 0 Å². The fourth-order valence-corrected chi connectivity index (χ4v) is 1.66. The molecule has 1 nitrogen and oxygen atoms in total. The van der Waals surface area contributed by atoms with Crippen molar-refractivity contribution in [2.75, 3.05) is 0 Å². The Morgan fingerprint density at radius 1 is 1.27 bits per heavy atom. The van der Waals surface area contributed by atoms with Crippen LogP contribution in [0, 0.1) is 6.92 Å². The van der Waals surface area contributed by atoms with Crippen LogP contribution in [0.5, 0.6) is 0 Å². The molecule has 0 saturated heterocycles. The number of hydrogen-bond donors (Lipinski definition) is 0. The van der Waals surface area contributed by atoms with E-state index in [1.165, 1.54) is 22.4 Å². The molecule has 0 atom stereocenters. The first-order valence-corrected chi connectivity index (χ1v) is 3.89. The highest BCUT2D eigenvalue weighted by Gasteiger charge is 2.12. The highest BCUT2D eigenvalue weighted by molar-refractivity contribution is 6.03. The number of benzene rings is 1. The van der Waals surface area contributed by atoms with Gasteiger partial charge in [-0.05, 0) is 25.0 Å². The third kappa shape index (κ3) is 0.881. The topological polar surface area (TPSA) is 12.4 Å². The van der Waals surface area contributed by atoms with Gasteiger partial charge in [0.05, 0.1) is 6.54 Å². The van der Waals surface area contributed by atoms with Gasteiger partial charge >= 0.3 is 0 Å². The average molecular weight is 145 g/mol. The van der Waals surface area contributed by atoms with Gasteiger partial charge in [0.1, 0.15) is 0 Å². The molecule has 2 rings (SSSR count). The summed E-state index contributed by atoms with van der Waals surface area (Å²) in [5.74, 6) is 0. The Balaban J connectivity index is 2.67. The van der Waals surface area contributed by atoms with Gasteiger partial charge in [-0.3, -0.25) is 4.99 Å². The highest BCUT2D eigenvalue weighted by Crippen LogP contribution is 2.21. The highest BCUT2D eigenvalue weighted by atomic mass is 14.8. The van der Waals surface area contributed by atoms with E-state index in [2.05, 4.69) is 37.0 Å². The van der Waals surface area contributed by atoms with Crippen LogP contribution in [0.3, 0.4) is 0 Å². The maximum Gasteiger partial charge on any atom is 0.0649 e. The van der Waals surface area contributed by atoms with Gasteiger partial charge in [-0.2, -0.15) is 0 Å². The van der Waals surface area contributed by atoms with Crippen LogP contribution in [-0.4, -0.2) is 5.71 Å². The van der Waals surface area contributed by atoms with Crippen molar-refractivity contribution in [1.82, 2.24) is 0 Å². The molecule has 11 heavy (non-hydrogen) atoms. The minimum atomic E-state index is 0.878. The Labute approximate surface area is 66.8 Å². The second-order valence-electron chi connectivity index (χ2n) is 3.01. The molecule has 0 radical (unpaired) electrons. The number of aliphatic imine (C=N–C) groups is 1. The second kappa shape index (κ2) is 2.19. The lowest BCUT2D eigenvalue weighted by Crippen LogP contribution is -1.94. The standard InChI is InChI=1S/C10H11N/c1-7-4-3-5-9-6-11-8(2)10(7)9/h3-5H,6H2,1-2H3. The maximum atomic E-state index is 4.38. The van der Waals surface area contributed by atoms with Crippen molar-refractivity contribution in [3.8, 4) is 0 Å². The lowest BCUT2D eigenvalue weighted by Gasteiger charge is -2.02. The maximum absolute atomic E-state index is 4.38. The molecule has 1 aromatic rings. The number of rotatable bonds is 0. The van der Waals surface area contributed by atoms with Crippen molar-refractivity contribution < 1.29 is 0 Å². The average Bonchev–Trinajstić information content (AvgIpc) is 2.34. The lowest BCUT2D eigenvalue weighted by atomic mass is 10.0. The first kappa shape index (κ1) is 6.59. The molecule has 1 heteroatoms. The fraction of sp³-hybridized carbons (Fsp3) is 0.300. The molecule has 1 heterocycles. The van der Waals surface area contributed by atoms with E-state index in [4.69, 9.17) is 0 Å². The monoisotopic (exact) mass is 145 g/mol. The van der Waals surface area contributed by atoms with Gasteiger partial charge in [-0.1, -0.05) is 18.2 Å². The van der Waals surface area contributed by atoms with Crippen LogP contribution in [0.2, 0.25) is 0 Å². The quantitative estimate of drug-likeness (QED) is 0.531. The van der Waals surface area contributed by atoms with E-state index in [-0.39, 0.29) is 0 Å². The molecule has 0 spiro atoms. The normalized spacial score (nSPS) is 14.5. The van der Waals surface area contributed by atoms with Gasteiger partial charge < -0.3 is 0 Å². The summed E-state index contributed by atoms with van der Waals surface area (Å²) in [6.07, 6.45) is 0. The summed E-state index contributed by atoms with van der Waals surface area (Å²) in [7, 11) is 0. The van der Waals surface area contributed by atoms with Crippen LogP contribution in [0.15, 0.2) is 23.2 Å². The summed E-state index contributed by atoms with van der Waals surface area (Å²) in [4.78, 5) is 4.38. The summed E-state index contributed by atoms with van der Waals surface area (Å²) >= 11 is 0. The minimum absolute atomic E-state index is 0.878. The molecule has 0 aromatic heterocycles. The smallest absolute Gasteiger partial charge is 0.0649 e. The summed E-state index contributed by atoms with van der Waals surface area (Å²) in [6, 6.07) is 6.40. The van der Waals surface area contributed by atoms with E-state index in [9.17, 15) is 0 Å². The van der Waals surface area contributed by atoms with Gasteiger partial charge in [0, 0.05) is 11.3 Å². The Hall–Kier alpha value is -1.11. The fourth-order valence-electron chi connectivity index (χ4n) is 1.66. The van der Waals surface area contributed by atoms with E-state index >= 15 is 0 Å². The lowest BCUT2D eigenvalue weighted by molar-refractivity contribution is 1.10. The first-order chi connectivity index (χ1) is 5.29. The molecule has 0 bridgehead atoms. The van der Waals surface area contributed by atoms with Crippen LogP contribution in [0.4, 0.5) is 0 Å². The van der Waals surface area contributed by atoms with Crippen molar-refractivity contribution in [2.45, 2.75) is 20.4 Å². The van der Waals surface area contributed by atoms with Crippen molar-refractivity contribution in [3.05, 3.63) is 34.9 Å². The van der Waals surface area contributed by atoms with E-state index in [0.29, 0.717) is 0 Å². The third-order valence-electron chi connectivity index (χ3n) is 2.21. The third-order valence-corrected chi connectivity index (χ3v) is 2.21. The molecular formula is C10H11N. The van der Waals surface area contributed by atoms with E-state index in [1.54, 1.807) is 0 Å². The Kier molecular flexibility index (Phi) is 1.31. The molecular weight excluding hydrogens is 134 g/mol. The number of aryl methyl sites for hydroxylation is 1. The first-order valence-electron chi connectivity index (χ1n) is 3.89. The zero-order valence-electron chi connectivity index (χ0n) is 6.89. The van der Waals surface area contributed by atoms with Gasteiger partial charge in [0.2, 0.25) is 0 Å². The number of nitrogens with zero attached hydrogens (tertiary/aromatic N) is 1. The zero-order valence-corrected chi connectivity index (χ0v) is 6.89. The van der Waals surface area contributed by atoms with E-state index in [1.807, 2.05) is 0 Å². The number of hydrogen-bond acceptors (Lipinski definition) is 1. The van der Waals surface area contributed by atoms with Crippen LogP contribution in [-0.2, 0) is 6.54 Å². The minimum Gasteiger partial charge on any atom is -0.285 e. The summed E-state index contributed by atoms with van der Waals surface area (Å²) in [6.45, 7) is 5.10. The molecule has 1 aliphatic heterocycles. The molecule has 0 saturated carbocycles. The molecule has 56 valence electrons. The molecule has 1 aliphatic rings. The van der Waals surface area contributed by atoms with Crippen molar-refractivity contribution in [3.63, 3.8) is 0 Å². The van der Waals surface area contributed by atoms with E-state index in [0.717, 1.165) is 6.54 Å². The predicted octanol–water partition coefficient (Wildman–Crippen LogP) is 2.32.